The van der Waals surface area contributed by atoms with Gasteiger partial charge in [0.05, 0.1) is 0 Å². The molecule has 0 aromatic heterocycles. The van der Waals surface area contributed by atoms with Crippen molar-refractivity contribution in [2.75, 3.05) is 26.2 Å². The summed E-state index contributed by atoms with van der Waals surface area (Å²) >= 11 is 0. The van der Waals surface area contributed by atoms with Gasteiger partial charge < -0.3 is 20.8 Å². The lowest BCUT2D eigenvalue weighted by atomic mass is 9.95. The predicted octanol–water partition coefficient (Wildman–Crippen LogP) is -0.507. The van der Waals surface area contributed by atoms with Gasteiger partial charge in [-0.25, -0.2) is 0 Å². The second-order valence-corrected chi connectivity index (χ2v) is 4.22. The molecule has 5 nitrogen and oxygen atoms in total. The van der Waals surface area contributed by atoms with Crippen LogP contribution in [0.15, 0.2) is 0 Å². The van der Waals surface area contributed by atoms with E-state index in [1.807, 2.05) is 0 Å². The number of carboxylic acid groups (broad SMARTS) is 1. The minimum atomic E-state index is -0.945. The van der Waals surface area contributed by atoms with Crippen LogP contribution in [-0.2, 0) is 4.79 Å². The van der Waals surface area contributed by atoms with Crippen molar-refractivity contribution >= 4 is 5.97 Å². The van der Waals surface area contributed by atoms with E-state index in [0.717, 1.165) is 32.4 Å². The molecule has 0 amide bonds. The van der Waals surface area contributed by atoms with E-state index in [0.29, 0.717) is 12.5 Å². The summed E-state index contributed by atoms with van der Waals surface area (Å²) in [5, 5.41) is 17.5. The summed E-state index contributed by atoms with van der Waals surface area (Å²) in [5.41, 5.74) is 5.48. The van der Waals surface area contributed by atoms with E-state index >= 15 is 0 Å². The quantitative estimate of drug-likeness (QED) is 0.576. The number of nitrogens with zero attached hydrogens (tertiary/aromatic N) is 1. The topological polar surface area (TPSA) is 86.8 Å². The van der Waals surface area contributed by atoms with E-state index in [2.05, 4.69) is 4.90 Å². The summed E-state index contributed by atoms with van der Waals surface area (Å²) in [5.74, 6) is -0.455. The van der Waals surface area contributed by atoms with Crippen LogP contribution in [0.4, 0.5) is 0 Å². The lowest BCUT2D eigenvalue weighted by Gasteiger charge is -2.33. The van der Waals surface area contributed by atoms with Gasteiger partial charge in [-0.1, -0.05) is 0 Å². The summed E-state index contributed by atoms with van der Waals surface area (Å²) in [7, 11) is 0. The number of hydrogen-bond donors (Lipinski definition) is 3. The molecule has 0 aliphatic carbocycles. The molecule has 0 bridgehead atoms. The molecular formula is C10H20N2O3. The molecule has 88 valence electrons. The Morgan fingerprint density at radius 3 is 2.93 bits per heavy atom. The highest BCUT2D eigenvalue weighted by atomic mass is 16.4. The number of carboxylic acids is 1. The number of piperidine rings is 1. The molecule has 1 aliphatic rings. The maximum absolute atomic E-state index is 10.6. The molecule has 0 aromatic rings. The van der Waals surface area contributed by atoms with Crippen LogP contribution in [0.1, 0.15) is 19.3 Å². The maximum atomic E-state index is 10.6. The van der Waals surface area contributed by atoms with Crippen molar-refractivity contribution in [3.63, 3.8) is 0 Å². The Bertz CT molecular complexity index is 209. The Morgan fingerprint density at radius 2 is 2.33 bits per heavy atom. The lowest BCUT2D eigenvalue weighted by Crippen LogP contribution is -2.46. The van der Waals surface area contributed by atoms with E-state index in [4.69, 9.17) is 15.9 Å². The van der Waals surface area contributed by atoms with Crippen molar-refractivity contribution < 1.29 is 15.0 Å². The highest BCUT2D eigenvalue weighted by molar-refractivity contribution is 5.73. The minimum absolute atomic E-state index is 0.212. The Kier molecular flexibility index (Phi) is 5.01. The van der Waals surface area contributed by atoms with Crippen LogP contribution in [0.25, 0.3) is 0 Å². The van der Waals surface area contributed by atoms with Crippen LogP contribution in [0, 0.1) is 5.92 Å². The number of hydrogen-bond acceptors (Lipinski definition) is 4. The zero-order chi connectivity index (χ0) is 11.3. The van der Waals surface area contributed by atoms with Gasteiger partial charge in [-0.15, -0.1) is 0 Å². The second kappa shape index (κ2) is 6.05. The van der Waals surface area contributed by atoms with Gasteiger partial charge in [0.2, 0.25) is 0 Å². The molecule has 1 saturated heterocycles. The summed E-state index contributed by atoms with van der Waals surface area (Å²) in [6, 6.07) is -0.794. The number of likely N-dealkylation sites (tertiary alicyclic amines) is 1. The molecule has 1 aliphatic heterocycles. The van der Waals surface area contributed by atoms with Crippen LogP contribution in [-0.4, -0.2) is 53.4 Å². The summed E-state index contributed by atoms with van der Waals surface area (Å²) < 4.78 is 0. The molecule has 0 saturated carbocycles. The van der Waals surface area contributed by atoms with Crippen molar-refractivity contribution in [1.82, 2.24) is 4.90 Å². The second-order valence-electron chi connectivity index (χ2n) is 4.22. The van der Waals surface area contributed by atoms with Crippen LogP contribution >= 0.6 is 0 Å². The fourth-order valence-electron chi connectivity index (χ4n) is 2.09. The van der Waals surface area contributed by atoms with Gasteiger partial charge in [0.15, 0.2) is 0 Å². The average molecular weight is 216 g/mol. The third-order valence-corrected chi connectivity index (χ3v) is 2.91. The number of carbonyl (C=O) groups is 1. The first kappa shape index (κ1) is 12.4. The van der Waals surface area contributed by atoms with Gasteiger partial charge in [0, 0.05) is 19.7 Å². The van der Waals surface area contributed by atoms with E-state index in [9.17, 15) is 4.79 Å². The molecule has 15 heavy (non-hydrogen) atoms. The van der Waals surface area contributed by atoms with E-state index < -0.39 is 12.0 Å². The van der Waals surface area contributed by atoms with Gasteiger partial charge >= 0.3 is 5.97 Å². The third kappa shape index (κ3) is 4.15. The monoisotopic (exact) mass is 216 g/mol. The van der Waals surface area contributed by atoms with Crippen LogP contribution < -0.4 is 5.73 Å². The zero-order valence-corrected chi connectivity index (χ0v) is 8.93. The van der Waals surface area contributed by atoms with Crippen molar-refractivity contribution in [3.05, 3.63) is 0 Å². The predicted molar refractivity (Wildman–Crippen MR) is 56.5 cm³/mol. The highest BCUT2D eigenvalue weighted by Crippen LogP contribution is 2.18. The van der Waals surface area contributed by atoms with Crippen LogP contribution in [0.5, 0.6) is 0 Å². The number of nitrogens with two attached hydrogens (primary N) is 1. The first-order chi connectivity index (χ1) is 7.13. The number of aliphatic hydroxyl groups excluding tert-OH is 1. The molecule has 5 heteroatoms. The molecular weight excluding hydrogens is 196 g/mol. The molecule has 1 rings (SSSR count). The summed E-state index contributed by atoms with van der Waals surface area (Å²) in [6.07, 6.45) is 3.00. The molecule has 2 atom stereocenters. The van der Waals surface area contributed by atoms with Gasteiger partial charge in [0.1, 0.15) is 6.04 Å². The number of aliphatic hydroxyl groups is 1. The van der Waals surface area contributed by atoms with Crippen LogP contribution in [0.3, 0.4) is 0 Å². The normalized spacial score (nSPS) is 25.1. The average Bonchev–Trinajstić information content (AvgIpc) is 2.18. The van der Waals surface area contributed by atoms with Gasteiger partial charge in [-0.3, -0.25) is 4.79 Å². The first-order valence-electron chi connectivity index (χ1n) is 5.45. The van der Waals surface area contributed by atoms with Gasteiger partial charge in [0.25, 0.3) is 0 Å². The Hall–Kier alpha value is -0.650. The highest BCUT2D eigenvalue weighted by Gasteiger charge is 2.22. The summed E-state index contributed by atoms with van der Waals surface area (Å²) in [6.45, 7) is 2.41. The molecule has 2 unspecified atom stereocenters. The van der Waals surface area contributed by atoms with E-state index in [1.165, 1.54) is 0 Å². The van der Waals surface area contributed by atoms with E-state index in [-0.39, 0.29) is 6.61 Å². The Balaban J connectivity index is 2.32. The minimum Gasteiger partial charge on any atom is -0.480 e. The maximum Gasteiger partial charge on any atom is 0.321 e. The fourth-order valence-corrected chi connectivity index (χ4v) is 2.09. The molecule has 0 radical (unpaired) electrons. The Morgan fingerprint density at radius 1 is 1.60 bits per heavy atom. The SMILES string of the molecule is NC(CN1CCCC(CCO)C1)C(=O)O. The van der Waals surface area contributed by atoms with Crippen LogP contribution in [0.2, 0.25) is 0 Å². The van der Waals surface area contributed by atoms with Crippen molar-refractivity contribution in [3.8, 4) is 0 Å². The van der Waals surface area contributed by atoms with Gasteiger partial charge in [-0.2, -0.15) is 0 Å². The fraction of sp³-hybridized carbons (Fsp3) is 0.900. The zero-order valence-electron chi connectivity index (χ0n) is 8.93. The molecule has 0 spiro atoms. The Labute approximate surface area is 89.9 Å². The van der Waals surface area contributed by atoms with Crippen molar-refractivity contribution in [2.24, 2.45) is 11.7 Å². The largest absolute Gasteiger partial charge is 0.480 e. The van der Waals surface area contributed by atoms with Gasteiger partial charge in [-0.05, 0) is 31.7 Å². The third-order valence-electron chi connectivity index (χ3n) is 2.91. The number of aliphatic carboxylic acids is 1. The smallest absolute Gasteiger partial charge is 0.321 e. The lowest BCUT2D eigenvalue weighted by molar-refractivity contribution is -0.139. The van der Waals surface area contributed by atoms with Crippen molar-refractivity contribution in [1.29, 1.82) is 0 Å². The summed E-state index contributed by atoms with van der Waals surface area (Å²) in [4.78, 5) is 12.7. The molecule has 1 heterocycles. The van der Waals surface area contributed by atoms with Crippen molar-refractivity contribution in [2.45, 2.75) is 25.3 Å². The molecule has 1 fully saturated rings. The molecule has 4 N–H and O–H groups in total. The first-order valence-corrected chi connectivity index (χ1v) is 5.45. The standard InChI is InChI=1S/C10H20N2O3/c11-9(10(14)15)7-12-4-1-2-8(6-12)3-5-13/h8-9,13H,1-7,11H2,(H,14,15). The number of rotatable bonds is 5. The van der Waals surface area contributed by atoms with E-state index in [1.54, 1.807) is 0 Å². The molecule has 0 aromatic carbocycles.